The zero-order valence-electron chi connectivity index (χ0n) is 6.42. The summed E-state index contributed by atoms with van der Waals surface area (Å²) in [5, 5.41) is 9.06. The number of carbonyl (C=O) groups excluding carboxylic acids is 1. The fourth-order valence-corrected chi connectivity index (χ4v) is 0.906. The number of cyclic esters (lactones) is 1. The first-order valence-corrected chi connectivity index (χ1v) is 3.35. The van der Waals surface area contributed by atoms with Gasteiger partial charge in [-0.2, -0.15) is 0 Å². The van der Waals surface area contributed by atoms with Crippen LogP contribution in [0.5, 0.6) is 0 Å². The number of hydrogen-bond acceptors (Lipinski definition) is 3. The van der Waals surface area contributed by atoms with Crippen LogP contribution < -0.4 is 0 Å². The summed E-state index contributed by atoms with van der Waals surface area (Å²) in [6, 6.07) is 0. The van der Waals surface area contributed by atoms with Gasteiger partial charge in [0.05, 0.1) is 5.41 Å². The Morgan fingerprint density at radius 3 is 2.20 bits per heavy atom. The zero-order chi connectivity index (χ0) is 7.94. The van der Waals surface area contributed by atoms with Crippen molar-refractivity contribution in [2.24, 2.45) is 11.3 Å². The van der Waals surface area contributed by atoms with Crippen molar-refractivity contribution in [3.63, 3.8) is 0 Å². The van der Waals surface area contributed by atoms with Gasteiger partial charge in [-0.15, -0.1) is 0 Å². The van der Waals surface area contributed by atoms with E-state index in [1.165, 1.54) is 0 Å². The Hall–Kier alpha value is -0.570. The normalized spacial score (nSPS) is 37.8. The fourth-order valence-electron chi connectivity index (χ4n) is 0.906. The predicted octanol–water partition coefficient (Wildman–Crippen LogP) is 0.524. The van der Waals surface area contributed by atoms with Gasteiger partial charge in [0.15, 0.2) is 0 Å². The van der Waals surface area contributed by atoms with Crippen molar-refractivity contribution in [3.8, 4) is 0 Å². The third kappa shape index (κ3) is 0.814. The molecule has 0 spiro atoms. The minimum Gasteiger partial charge on any atom is -0.435 e. The van der Waals surface area contributed by atoms with Crippen molar-refractivity contribution in [1.82, 2.24) is 0 Å². The van der Waals surface area contributed by atoms with E-state index in [9.17, 15) is 4.79 Å². The van der Waals surface area contributed by atoms with Crippen LogP contribution >= 0.6 is 0 Å². The Morgan fingerprint density at radius 1 is 1.60 bits per heavy atom. The van der Waals surface area contributed by atoms with Crippen LogP contribution in [0.2, 0.25) is 0 Å². The van der Waals surface area contributed by atoms with E-state index in [2.05, 4.69) is 4.74 Å². The van der Waals surface area contributed by atoms with Crippen molar-refractivity contribution >= 4 is 5.97 Å². The molecule has 0 aromatic carbocycles. The minimum atomic E-state index is -0.914. The molecule has 0 aromatic rings. The maximum absolute atomic E-state index is 10.9. The van der Waals surface area contributed by atoms with Gasteiger partial charge in [-0.1, -0.05) is 6.92 Å². The highest BCUT2D eigenvalue weighted by molar-refractivity contribution is 5.78. The number of hydrogen-bond donors (Lipinski definition) is 1. The SMILES string of the molecule is C[C@@H]1[C@H](O)OC(=O)C1(C)C. The molecule has 0 amide bonds. The number of carbonyl (C=O) groups is 1. The molecule has 1 rings (SSSR count). The summed E-state index contributed by atoms with van der Waals surface area (Å²) in [4.78, 5) is 10.9. The Kier molecular flexibility index (Phi) is 1.47. The lowest BCUT2D eigenvalue weighted by Gasteiger charge is -2.17. The summed E-state index contributed by atoms with van der Waals surface area (Å²) in [5.74, 6) is -0.424. The largest absolute Gasteiger partial charge is 0.435 e. The monoisotopic (exact) mass is 144 g/mol. The molecule has 0 aromatic heterocycles. The van der Waals surface area contributed by atoms with E-state index in [-0.39, 0.29) is 11.9 Å². The third-order valence-electron chi connectivity index (χ3n) is 2.32. The van der Waals surface area contributed by atoms with E-state index < -0.39 is 11.7 Å². The molecule has 0 saturated carbocycles. The number of aliphatic hydroxyl groups excluding tert-OH is 1. The second kappa shape index (κ2) is 1.95. The highest BCUT2D eigenvalue weighted by Gasteiger charge is 2.47. The van der Waals surface area contributed by atoms with Gasteiger partial charge in [-0.25, -0.2) is 0 Å². The molecular weight excluding hydrogens is 132 g/mol. The van der Waals surface area contributed by atoms with E-state index in [1.54, 1.807) is 20.8 Å². The molecule has 0 unspecified atom stereocenters. The highest BCUT2D eigenvalue weighted by Crippen LogP contribution is 2.37. The van der Waals surface area contributed by atoms with Crippen LogP contribution in [-0.2, 0) is 9.53 Å². The zero-order valence-corrected chi connectivity index (χ0v) is 6.42. The molecule has 1 fully saturated rings. The second-order valence-corrected chi connectivity index (χ2v) is 3.31. The average molecular weight is 144 g/mol. The van der Waals surface area contributed by atoms with Gasteiger partial charge in [0.2, 0.25) is 6.29 Å². The van der Waals surface area contributed by atoms with E-state index >= 15 is 0 Å². The Morgan fingerprint density at radius 2 is 2.10 bits per heavy atom. The molecule has 1 aliphatic rings. The molecule has 1 saturated heterocycles. The van der Waals surface area contributed by atoms with Crippen molar-refractivity contribution in [3.05, 3.63) is 0 Å². The van der Waals surface area contributed by atoms with Gasteiger partial charge in [0, 0.05) is 5.92 Å². The summed E-state index contributed by atoms with van der Waals surface area (Å²) in [7, 11) is 0. The van der Waals surface area contributed by atoms with Crippen LogP contribution in [0.1, 0.15) is 20.8 Å². The molecule has 0 radical (unpaired) electrons. The summed E-state index contributed by atoms with van der Waals surface area (Å²) in [6.45, 7) is 5.35. The number of aliphatic hydroxyl groups is 1. The topological polar surface area (TPSA) is 46.5 Å². The Balaban J connectivity index is 2.85. The van der Waals surface area contributed by atoms with E-state index in [1.807, 2.05) is 0 Å². The molecule has 0 bridgehead atoms. The first-order chi connectivity index (χ1) is 4.46. The van der Waals surface area contributed by atoms with Gasteiger partial charge in [-0.3, -0.25) is 4.79 Å². The molecule has 58 valence electrons. The molecule has 10 heavy (non-hydrogen) atoms. The lowest BCUT2D eigenvalue weighted by Crippen LogP contribution is -2.25. The van der Waals surface area contributed by atoms with Crippen molar-refractivity contribution < 1.29 is 14.6 Å². The first-order valence-electron chi connectivity index (χ1n) is 3.35. The maximum atomic E-state index is 10.9. The summed E-state index contributed by atoms with van der Waals surface area (Å²) in [6.07, 6.45) is -0.914. The number of rotatable bonds is 0. The molecular formula is C7H12O3. The van der Waals surface area contributed by atoms with E-state index in [0.29, 0.717) is 0 Å². The van der Waals surface area contributed by atoms with Crippen molar-refractivity contribution in [2.75, 3.05) is 0 Å². The first kappa shape index (κ1) is 7.54. The average Bonchev–Trinajstić information content (AvgIpc) is 1.97. The van der Waals surface area contributed by atoms with Crippen LogP contribution in [-0.4, -0.2) is 17.4 Å². The predicted molar refractivity (Wildman–Crippen MR) is 35.0 cm³/mol. The summed E-state index contributed by atoms with van der Waals surface area (Å²) in [5.41, 5.74) is -0.528. The number of ether oxygens (including phenoxy) is 1. The Bertz CT molecular complexity index is 162. The number of esters is 1. The molecule has 1 aliphatic heterocycles. The fraction of sp³-hybridized carbons (Fsp3) is 0.857. The van der Waals surface area contributed by atoms with Crippen LogP contribution in [0.15, 0.2) is 0 Å². The molecule has 0 aliphatic carbocycles. The van der Waals surface area contributed by atoms with Crippen LogP contribution in [0, 0.1) is 11.3 Å². The lowest BCUT2D eigenvalue weighted by molar-refractivity contribution is -0.158. The van der Waals surface area contributed by atoms with Gasteiger partial charge in [0.25, 0.3) is 0 Å². The Labute approximate surface area is 60.0 Å². The van der Waals surface area contributed by atoms with E-state index in [4.69, 9.17) is 5.11 Å². The standard InChI is InChI=1S/C7H12O3/c1-4-5(8)10-6(9)7(4,2)3/h4-5,8H,1-3H3/t4-,5-/m1/s1. The third-order valence-corrected chi connectivity index (χ3v) is 2.32. The van der Waals surface area contributed by atoms with Crippen LogP contribution in [0.25, 0.3) is 0 Å². The van der Waals surface area contributed by atoms with Gasteiger partial charge >= 0.3 is 5.97 Å². The second-order valence-electron chi connectivity index (χ2n) is 3.31. The summed E-state index contributed by atoms with van der Waals surface area (Å²) < 4.78 is 4.61. The van der Waals surface area contributed by atoms with Crippen LogP contribution in [0.4, 0.5) is 0 Å². The lowest BCUT2D eigenvalue weighted by atomic mass is 9.82. The molecule has 3 nitrogen and oxygen atoms in total. The van der Waals surface area contributed by atoms with Crippen molar-refractivity contribution in [1.29, 1.82) is 0 Å². The van der Waals surface area contributed by atoms with E-state index in [0.717, 1.165) is 0 Å². The maximum Gasteiger partial charge on any atom is 0.314 e. The quantitative estimate of drug-likeness (QED) is 0.504. The highest BCUT2D eigenvalue weighted by atomic mass is 16.6. The van der Waals surface area contributed by atoms with Gasteiger partial charge in [0.1, 0.15) is 0 Å². The molecule has 2 atom stereocenters. The smallest absolute Gasteiger partial charge is 0.314 e. The minimum absolute atomic E-state index is 0.111. The van der Waals surface area contributed by atoms with Gasteiger partial charge in [-0.05, 0) is 13.8 Å². The van der Waals surface area contributed by atoms with Gasteiger partial charge < -0.3 is 9.84 Å². The molecule has 1 N–H and O–H groups in total. The van der Waals surface area contributed by atoms with Crippen molar-refractivity contribution in [2.45, 2.75) is 27.1 Å². The summed E-state index contributed by atoms with van der Waals surface area (Å²) >= 11 is 0. The molecule has 1 heterocycles. The molecule has 3 heteroatoms. The van der Waals surface area contributed by atoms with Crippen LogP contribution in [0.3, 0.4) is 0 Å².